The van der Waals surface area contributed by atoms with Crippen molar-refractivity contribution >= 4 is 5.91 Å². The molecule has 2 N–H and O–H groups in total. The van der Waals surface area contributed by atoms with Gasteiger partial charge < -0.3 is 19.5 Å². The Bertz CT molecular complexity index is 772. The van der Waals surface area contributed by atoms with Crippen molar-refractivity contribution in [1.29, 1.82) is 0 Å². The van der Waals surface area contributed by atoms with E-state index in [1.807, 2.05) is 38.1 Å². The molecular weight excluding hydrogens is 346 g/mol. The first-order valence-electron chi connectivity index (χ1n) is 9.29. The molecule has 1 aliphatic rings. The summed E-state index contributed by atoms with van der Waals surface area (Å²) in [6.07, 6.45) is 1.12. The minimum atomic E-state index is -0.127. The van der Waals surface area contributed by atoms with Gasteiger partial charge in [-0.2, -0.15) is 5.10 Å². The van der Waals surface area contributed by atoms with Crippen LogP contribution >= 0.6 is 0 Å². The van der Waals surface area contributed by atoms with Crippen LogP contribution in [0.3, 0.4) is 0 Å². The van der Waals surface area contributed by atoms with Gasteiger partial charge in [0.25, 0.3) is 5.91 Å². The summed E-state index contributed by atoms with van der Waals surface area (Å²) >= 11 is 0. The quantitative estimate of drug-likeness (QED) is 0.778. The number of H-pyrrole nitrogens is 1. The first kappa shape index (κ1) is 19.4. The molecule has 2 atom stereocenters. The number of carbonyl (C=O) groups is 1. The summed E-state index contributed by atoms with van der Waals surface area (Å²) in [5.41, 5.74) is 3.27. The fraction of sp³-hybridized carbons (Fsp3) is 0.500. The van der Waals surface area contributed by atoms with E-state index < -0.39 is 0 Å². The molecule has 0 unspecified atom stereocenters. The third-order valence-corrected chi connectivity index (χ3v) is 4.84. The number of rotatable bonds is 7. The van der Waals surface area contributed by atoms with E-state index in [4.69, 9.17) is 9.47 Å². The van der Waals surface area contributed by atoms with Gasteiger partial charge in [-0.15, -0.1) is 0 Å². The molecule has 0 aliphatic carbocycles. The van der Waals surface area contributed by atoms with Gasteiger partial charge in [-0.25, -0.2) is 0 Å². The smallest absolute Gasteiger partial charge is 0.274 e. The van der Waals surface area contributed by atoms with Crippen molar-refractivity contribution in [3.8, 4) is 5.75 Å². The standard InChI is InChI=1S/C20H27N3O4/c1-13-11-17-18(14(2)27-13)21-22-19(17)20(25)23(9-4-10-24)12-15-5-7-16(26-3)8-6-15/h5-8,13-14,24H,4,9-12H2,1-3H3,(H,21,22)/t13-,14+/m0/s1. The number of aromatic amines is 1. The maximum Gasteiger partial charge on any atom is 0.274 e. The number of aliphatic hydroxyl groups excluding tert-OH is 1. The molecule has 0 saturated carbocycles. The van der Waals surface area contributed by atoms with Gasteiger partial charge in [-0.05, 0) is 38.0 Å². The first-order valence-corrected chi connectivity index (χ1v) is 9.29. The molecule has 0 saturated heterocycles. The number of amides is 1. The third kappa shape index (κ3) is 4.31. The Morgan fingerprint density at radius 3 is 2.78 bits per heavy atom. The highest BCUT2D eigenvalue weighted by Gasteiger charge is 2.31. The van der Waals surface area contributed by atoms with Crippen LogP contribution in [-0.4, -0.2) is 52.5 Å². The lowest BCUT2D eigenvalue weighted by molar-refractivity contribution is -0.00702. The monoisotopic (exact) mass is 373 g/mol. The summed E-state index contributed by atoms with van der Waals surface area (Å²) in [4.78, 5) is 15.0. The van der Waals surface area contributed by atoms with Gasteiger partial charge in [-0.1, -0.05) is 12.1 Å². The van der Waals surface area contributed by atoms with Gasteiger partial charge in [0.15, 0.2) is 5.69 Å². The third-order valence-electron chi connectivity index (χ3n) is 4.84. The molecule has 146 valence electrons. The van der Waals surface area contributed by atoms with Crippen LogP contribution in [0, 0.1) is 0 Å². The number of hydrogen-bond acceptors (Lipinski definition) is 5. The topological polar surface area (TPSA) is 87.7 Å². The van der Waals surface area contributed by atoms with E-state index >= 15 is 0 Å². The van der Waals surface area contributed by atoms with Gasteiger partial charge in [0, 0.05) is 31.7 Å². The molecule has 1 aromatic heterocycles. The first-order chi connectivity index (χ1) is 13.0. The molecule has 7 nitrogen and oxygen atoms in total. The lowest BCUT2D eigenvalue weighted by Crippen LogP contribution is -2.33. The summed E-state index contributed by atoms with van der Waals surface area (Å²) in [6.45, 7) is 4.91. The molecule has 0 radical (unpaired) electrons. The zero-order valence-electron chi connectivity index (χ0n) is 16.1. The predicted molar refractivity (Wildman–Crippen MR) is 101 cm³/mol. The molecule has 1 amide bonds. The average Bonchev–Trinajstić information content (AvgIpc) is 3.09. The van der Waals surface area contributed by atoms with Crippen molar-refractivity contribution in [2.75, 3.05) is 20.3 Å². The van der Waals surface area contributed by atoms with E-state index in [2.05, 4.69) is 10.2 Å². The van der Waals surface area contributed by atoms with Crippen LogP contribution in [-0.2, 0) is 17.7 Å². The van der Waals surface area contributed by atoms with Crippen molar-refractivity contribution in [2.24, 2.45) is 0 Å². The van der Waals surface area contributed by atoms with E-state index in [-0.39, 0.29) is 24.7 Å². The minimum absolute atomic E-state index is 0.0347. The van der Waals surface area contributed by atoms with Gasteiger partial charge in [-0.3, -0.25) is 9.89 Å². The Balaban J connectivity index is 1.83. The molecule has 1 aliphatic heterocycles. The van der Waals surface area contributed by atoms with Crippen molar-refractivity contribution in [3.63, 3.8) is 0 Å². The van der Waals surface area contributed by atoms with Crippen LogP contribution in [0.15, 0.2) is 24.3 Å². The maximum atomic E-state index is 13.2. The van der Waals surface area contributed by atoms with E-state index in [0.717, 1.165) is 22.6 Å². The fourth-order valence-corrected chi connectivity index (χ4v) is 3.47. The molecule has 27 heavy (non-hydrogen) atoms. The normalized spacial score (nSPS) is 18.8. The number of nitrogens with zero attached hydrogens (tertiary/aromatic N) is 2. The lowest BCUT2D eigenvalue weighted by atomic mass is 9.99. The average molecular weight is 373 g/mol. The number of carbonyl (C=O) groups excluding carboxylic acids is 1. The number of ether oxygens (including phenoxy) is 2. The summed E-state index contributed by atoms with van der Waals surface area (Å²) in [5, 5.41) is 16.5. The Kier molecular flexibility index (Phi) is 6.13. The number of fused-ring (bicyclic) bond motifs is 1. The fourth-order valence-electron chi connectivity index (χ4n) is 3.47. The maximum absolute atomic E-state index is 13.2. The number of hydrogen-bond donors (Lipinski definition) is 2. The molecule has 0 fully saturated rings. The largest absolute Gasteiger partial charge is 0.497 e. The number of benzene rings is 1. The Hall–Kier alpha value is -2.38. The van der Waals surface area contributed by atoms with Crippen molar-refractivity contribution < 1.29 is 19.4 Å². The molecule has 0 spiro atoms. The Labute approximate surface area is 159 Å². The molecule has 7 heteroatoms. The zero-order chi connectivity index (χ0) is 19.4. The number of aromatic nitrogens is 2. The van der Waals surface area contributed by atoms with E-state index in [1.165, 1.54) is 0 Å². The molecule has 2 heterocycles. The second-order valence-electron chi connectivity index (χ2n) is 6.91. The highest BCUT2D eigenvalue weighted by Crippen LogP contribution is 2.30. The second kappa shape index (κ2) is 8.54. The number of nitrogens with one attached hydrogen (secondary N) is 1. The van der Waals surface area contributed by atoms with Crippen LogP contribution in [0.1, 0.15) is 53.7 Å². The zero-order valence-corrected chi connectivity index (χ0v) is 16.1. The highest BCUT2D eigenvalue weighted by atomic mass is 16.5. The van der Waals surface area contributed by atoms with Crippen LogP contribution in [0.4, 0.5) is 0 Å². The minimum Gasteiger partial charge on any atom is -0.497 e. The van der Waals surface area contributed by atoms with Gasteiger partial charge in [0.05, 0.1) is 25.0 Å². The Morgan fingerprint density at radius 2 is 2.11 bits per heavy atom. The lowest BCUT2D eigenvalue weighted by Gasteiger charge is -2.26. The van der Waals surface area contributed by atoms with E-state index in [1.54, 1.807) is 12.0 Å². The van der Waals surface area contributed by atoms with E-state index in [9.17, 15) is 9.90 Å². The molecular formula is C20H27N3O4. The summed E-state index contributed by atoms with van der Waals surface area (Å²) < 4.78 is 11.0. The van der Waals surface area contributed by atoms with Crippen LogP contribution in [0.5, 0.6) is 5.75 Å². The Morgan fingerprint density at radius 1 is 1.37 bits per heavy atom. The molecule has 0 bridgehead atoms. The predicted octanol–water partition coefficient (Wildman–Crippen LogP) is 2.47. The van der Waals surface area contributed by atoms with Crippen molar-refractivity contribution in [2.45, 2.75) is 45.4 Å². The van der Waals surface area contributed by atoms with Crippen molar-refractivity contribution in [3.05, 3.63) is 46.8 Å². The highest BCUT2D eigenvalue weighted by molar-refractivity contribution is 5.94. The molecule has 1 aromatic carbocycles. The van der Waals surface area contributed by atoms with Crippen molar-refractivity contribution in [1.82, 2.24) is 15.1 Å². The summed E-state index contributed by atoms with van der Waals surface area (Å²) in [7, 11) is 1.62. The summed E-state index contributed by atoms with van der Waals surface area (Å²) in [5.74, 6) is 0.648. The number of methoxy groups -OCH3 is 1. The van der Waals surface area contributed by atoms with Crippen LogP contribution in [0.25, 0.3) is 0 Å². The van der Waals surface area contributed by atoms with Gasteiger partial charge in [0.1, 0.15) is 5.75 Å². The number of aliphatic hydroxyl groups is 1. The molecule has 2 aromatic rings. The van der Waals surface area contributed by atoms with Gasteiger partial charge >= 0.3 is 0 Å². The molecule has 3 rings (SSSR count). The second-order valence-corrected chi connectivity index (χ2v) is 6.91. The van der Waals surface area contributed by atoms with Crippen LogP contribution in [0.2, 0.25) is 0 Å². The van der Waals surface area contributed by atoms with E-state index in [0.29, 0.717) is 31.6 Å². The van der Waals surface area contributed by atoms with Gasteiger partial charge in [0.2, 0.25) is 0 Å². The summed E-state index contributed by atoms with van der Waals surface area (Å²) in [6, 6.07) is 7.63. The SMILES string of the molecule is COc1ccc(CN(CCCO)C(=O)c2n[nH]c3c2C[C@H](C)O[C@@H]3C)cc1. The van der Waals surface area contributed by atoms with Crippen LogP contribution < -0.4 is 4.74 Å².